The lowest BCUT2D eigenvalue weighted by Gasteiger charge is -2.14. The molecule has 0 spiro atoms. The maximum absolute atomic E-state index is 12.8. The Kier molecular flexibility index (Phi) is 10.7. The summed E-state index contributed by atoms with van der Waals surface area (Å²) in [7, 11) is 1.57. The molecule has 1 N–H and O–H groups in total. The molecule has 0 fully saturated rings. The van der Waals surface area contributed by atoms with E-state index in [9.17, 15) is 4.79 Å². The Bertz CT molecular complexity index is 1480. The molecule has 0 aliphatic heterocycles. The van der Waals surface area contributed by atoms with Gasteiger partial charge >= 0.3 is 0 Å². The molecule has 0 aliphatic rings. The first kappa shape index (κ1) is 29.2. The van der Waals surface area contributed by atoms with Gasteiger partial charge in [0.25, 0.3) is 5.91 Å². The summed E-state index contributed by atoms with van der Waals surface area (Å²) in [6, 6.07) is 26.1. The Morgan fingerprint density at radius 1 is 0.900 bits per heavy atom. The normalized spacial score (nSPS) is 10.8. The second-order valence-corrected chi connectivity index (χ2v) is 10.1. The smallest absolute Gasteiger partial charge is 0.271 e. The minimum absolute atomic E-state index is 0.301. The first-order valence-electron chi connectivity index (χ1n) is 12.5. The summed E-state index contributed by atoms with van der Waals surface area (Å²) >= 11 is 8.42. The molecule has 0 bridgehead atoms. The minimum Gasteiger partial charge on any atom is -0.493 e. The molecule has 4 aromatic rings. The summed E-state index contributed by atoms with van der Waals surface area (Å²) in [5.41, 5.74) is 5.59. The molecule has 7 nitrogen and oxygen atoms in total. The van der Waals surface area contributed by atoms with E-state index in [0.717, 1.165) is 20.3 Å². The molecule has 40 heavy (non-hydrogen) atoms. The number of benzene rings is 4. The number of nitrogens with one attached hydrogen (secondary N) is 1. The van der Waals surface area contributed by atoms with Crippen LogP contribution in [0.15, 0.2) is 90.0 Å². The SMILES string of the molecule is CCOc1cc(C(=O)N/N=C/c2cc(I)c(OCc3ccccc3Cl)c(OC)c2)ccc1OCc1ccccc1. The fourth-order valence-electron chi connectivity index (χ4n) is 3.72. The van der Waals surface area contributed by atoms with Gasteiger partial charge in [-0.05, 0) is 77.0 Å². The summed E-state index contributed by atoms with van der Waals surface area (Å²) in [4.78, 5) is 12.8. The fraction of sp³-hybridized carbons (Fsp3) is 0.161. The van der Waals surface area contributed by atoms with E-state index >= 15 is 0 Å². The predicted octanol–water partition coefficient (Wildman–Crippen LogP) is 7.27. The second-order valence-electron chi connectivity index (χ2n) is 8.48. The third kappa shape index (κ3) is 7.89. The lowest BCUT2D eigenvalue weighted by atomic mass is 10.2. The van der Waals surface area contributed by atoms with Gasteiger partial charge in [0, 0.05) is 16.1 Å². The van der Waals surface area contributed by atoms with Crippen LogP contribution in [-0.2, 0) is 13.2 Å². The molecule has 0 atom stereocenters. The van der Waals surface area contributed by atoms with Crippen molar-refractivity contribution in [1.82, 2.24) is 5.43 Å². The van der Waals surface area contributed by atoms with Gasteiger partial charge in [0.2, 0.25) is 0 Å². The highest BCUT2D eigenvalue weighted by molar-refractivity contribution is 14.1. The molecule has 206 valence electrons. The maximum atomic E-state index is 12.8. The quantitative estimate of drug-likeness (QED) is 0.0975. The topological polar surface area (TPSA) is 78.4 Å². The molecular weight excluding hydrogens is 643 g/mol. The van der Waals surface area contributed by atoms with E-state index in [4.69, 9.17) is 30.5 Å². The van der Waals surface area contributed by atoms with E-state index in [-0.39, 0.29) is 5.91 Å². The van der Waals surface area contributed by atoms with Gasteiger partial charge in [-0.15, -0.1) is 0 Å². The molecule has 0 unspecified atom stereocenters. The van der Waals surface area contributed by atoms with E-state index in [0.29, 0.717) is 53.4 Å². The number of rotatable bonds is 12. The highest BCUT2D eigenvalue weighted by atomic mass is 127. The number of hydrogen-bond donors (Lipinski definition) is 1. The summed E-state index contributed by atoms with van der Waals surface area (Å²) in [5, 5.41) is 4.77. The maximum Gasteiger partial charge on any atom is 0.271 e. The van der Waals surface area contributed by atoms with Crippen molar-refractivity contribution in [3.63, 3.8) is 0 Å². The van der Waals surface area contributed by atoms with E-state index < -0.39 is 0 Å². The zero-order chi connectivity index (χ0) is 28.3. The monoisotopic (exact) mass is 670 g/mol. The largest absolute Gasteiger partial charge is 0.493 e. The number of hydrazone groups is 1. The Morgan fingerprint density at radius 2 is 1.68 bits per heavy atom. The second kappa shape index (κ2) is 14.6. The molecule has 0 saturated carbocycles. The van der Waals surface area contributed by atoms with Crippen LogP contribution < -0.4 is 24.4 Å². The van der Waals surface area contributed by atoms with E-state index in [1.165, 1.54) is 0 Å². The van der Waals surface area contributed by atoms with Crippen molar-refractivity contribution in [2.24, 2.45) is 5.10 Å². The molecular formula is C31H28ClIN2O5. The Morgan fingerprint density at radius 3 is 2.42 bits per heavy atom. The van der Waals surface area contributed by atoms with Crippen LogP contribution >= 0.6 is 34.2 Å². The summed E-state index contributed by atoms with van der Waals surface area (Å²) in [5.74, 6) is 1.81. The lowest BCUT2D eigenvalue weighted by Crippen LogP contribution is -2.17. The molecule has 0 saturated heterocycles. The molecule has 4 rings (SSSR count). The van der Waals surface area contributed by atoms with Crippen LogP contribution in [-0.4, -0.2) is 25.8 Å². The number of amides is 1. The third-order valence-corrected chi connectivity index (χ3v) is 6.87. The van der Waals surface area contributed by atoms with Gasteiger partial charge in [-0.1, -0.05) is 60.1 Å². The van der Waals surface area contributed by atoms with Gasteiger partial charge in [-0.25, -0.2) is 5.43 Å². The van der Waals surface area contributed by atoms with Gasteiger partial charge in [0.15, 0.2) is 23.0 Å². The van der Waals surface area contributed by atoms with Crippen LogP contribution in [0.25, 0.3) is 0 Å². The predicted molar refractivity (Wildman–Crippen MR) is 165 cm³/mol. The van der Waals surface area contributed by atoms with Crippen molar-refractivity contribution < 1.29 is 23.7 Å². The van der Waals surface area contributed by atoms with Gasteiger partial charge in [-0.2, -0.15) is 5.10 Å². The van der Waals surface area contributed by atoms with Crippen LogP contribution in [0.1, 0.15) is 34.0 Å². The molecule has 9 heteroatoms. The van der Waals surface area contributed by atoms with Crippen LogP contribution in [0.4, 0.5) is 0 Å². The van der Waals surface area contributed by atoms with Crippen molar-refractivity contribution >= 4 is 46.3 Å². The van der Waals surface area contributed by atoms with E-state index in [2.05, 4.69) is 33.1 Å². The Balaban J connectivity index is 1.41. The van der Waals surface area contributed by atoms with Crippen molar-refractivity contribution in [2.45, 2.75) is 20.1 Å². The third-order valence-electron chi connectivity index (χ3n) is 5.70. The Hall–Kier alpha value is -3.76. The molecule has 0 aliphatic carbocycles. The molecule has 0 aromatic heterocycles. The van der Waals surface area contributed by atoms with Gasteiger partial charge in [0.1, 0.15) is 13.2 Å². The van der Waals surface area contributed by atoms with E-state index in [1.54, 1.807) is 37.6 Å². The van der Waals surface area contributed by atoms with Crippen molar-refractivity contribution in [3.05, 3.63) is 116 Å². The van der Waals surface area contributed by atoms with Crippen LogP contribution in [0.3, 0.4) is 0 Å². The Labute approximate surface area is 252 Å². The first-order valence-corrected chi connectivity index (χ1v) is 13.9. The van der Waals surface area contributed by atoms with Crippen LogP contribution in [0.5, 0.6) is 23.0 Å². The van der Waals surface area contributed by atoms with Crippen molar-refractivity contribution in [3.8, 4) is 23.0 Å². The zero-order valence-electron chi connectivity index (χ0n) is 22.0. The molecule has 4 aromatic carbocycles. The number of ether oxygens (including phenoxy) is 4. The number of hydrogen-bond acceptors (Lipinski definition) is 6. The summed E-state index contributed by atoms with van der Waals surface area (Å²) in [6.07, 6.45) is 1.54. The summed E-state index contributed by atoms with van der Waals surface area (Å²) in [6.45, 7) is 3.00. The fourth-order valence-corrected chi connectivity index (χ4v) is 4.69. The van der Waals surface area contributed by atoms with Gasteiger partial charge in [-0.3, -0.25) is 4.79 Å². The van der Waals surface area contributed by atoms with Gasteiger partial charge < -0.3 is 18.9 Å². The highest BCUT2D eigenvalue weighted by Gasteiger charge is 2.14. The average Bonchev–Trinajstić information content (AvgIpc) is 2.97. The van der Waals surface area contributed by atoms with Crippen LogP contribution in [0.2, 0.25) is 5.02 Å². The number of methoxy groups -OCH3 is 1. The van der Waals surface area contributed by atoms with Gasteiger partial charge in [0.05, 0.1) is 23.5 Å². The average molecular weight is 671 g/mol. The lowest BCUT2D eigenvalue weighted by molar-refractivity contribution is 0.0954. The first-order chi connectivity index (χ1) is 19.5. The van der Waals surface area contributed by atoms with Crippen molar-refractivity contribution in [1.29, 1.82) is 0 Å². The standard InChI is InChI=1S/C31H28ClIN2O5/c1-3-38-28-17-23(13-14-27(28)39-19-21-9-5-4-6-10-21)31(36)35-34-18-22-15-26(33)30(29(16-22)37-2)40-20-24-11-7-8-12-25(24)32/h4-18H,3,19-20H2,1-2H3,(H,35,36)/b34-18+. The highest BCUT2D eigenvalue weighted by Crippen LogP contribution is 2.35. The zero-order valence-corrected chi connectivity index (χ0v) is 24.9. The molecule has 0 heterocycles. The number of nitrogens with zero attached hydrogens (tertiary/aromatic N) is 1. The number of carbonyl (C=O) groups excluding carboxylic acids is 1. The molecule has 0 radical (unpaired) electrons. The van der Waals surface area contributed by atoms with E-state index in [1.807, 2.05) is 67.6 Å². The molecule has 1 amide bonds. The number of carbonyl (C=O) groups is 1. The van der Waals surface area contributed by atoms with Crippen LogP contribution in [0, 0.1) is 3.57 Å². The van der Waals surface area contributed by atoms with Crippen molar-refractivity contribution in [2.75, 3.05) is 13.7 Å². The minimum atomic E-state index is -0.381. The summed E-state index contributed by atoms with van der Waals surface area (Å²) < 4.78 is 24.0. The number of halogens is 2.